The van der Waals surface area contributed by atoms with Gasteiger partial charge in [0.15, 0.2) is 0 Å². The first-order valence-corrected chi connectivity index (χ1v) is 9.29. The maximum atomic E-state index is 12.3. The lowest BCUT2D eigenvalue weighted by Crippen LogP contribution is -2.42. The lowest BCUT2D eigenvalue weighted by Gasteiger charge is -2.32. The molecule has 0 amide bonds. The second-order valence-corrected chi connectivity index (χ2v) is 7.84. The van der Waals surface area contributed by atoms with Gasteiger partial charge < -0.3 is 5.32 Å². The fraction of sp³-hybridized carbons (Fsp3) is 1.00. The third kappa shape index (κ3) is 6.74. The van der Waals surface area contributed by atoms with Crippen LogP contribution in [-0.4, -0.2) is 44.7 Å². The molecule has 1 unspecified atom stereocenters. The van der Waals surface area contributed by atoms with E-state index in [1.807, 2.05) is 6.92 Å². The summed E-state index contributed by atoms with van der Waals surface area (Å²) in [5.74, 6) is 1.23. The Balaban J connectivity index is 0.00000361. The van der Waals surface area contributed by atoms with Gasteiger partial charge in [0, 0.05) is 13.1 Å². The molecule has 1 heterocycles. The molecule has 0 spiro atoms. The molecule has 0 aromatic heterocycles. The van der Waals surface area contributed by atoms with Crippen LogP contribution >= 0.6 is 12.4 Å². The molecule has 0 radical (unpaired) electrons. The highest BCUT2D eigenvalue weighted by Gasteiger charge is 2.28. The standard InChI is InChI=1S/C14H30N2O2S.ClH/c1-4-6-13(3)12-19(17,18)16-9-7-14(8-10-16)11-15-5-2;/h13-15H,4-12H2,1-3H3;1H. The van der Waals surface area contributed by atoms with E-state index in [4.69, 9.17) is 0 Å². The van der Waals surface area contributed by atoms with Crippen LogP contribution in [0, 0.1) is 11.8 Å². The maximum Gasteiger partial charge on any atom is 0.214 e. The Labute approximate surface area is 131 Å². The van der Waals surface area contributed by atoms with Crippen molar-refractivity contribution in [2.24, 2.45) is 11.8 Å². The topological polar surface area (TPSA) is 49.4 Å². The smallest absolute Gasteiger partial charge is 0.214 e. The van der Waals surface area contributed by atoms with E-state index in [-0.39, 0.29) is 18.3 Å². The number of halogens is 1. The van der Waals surface area contributed by atoms with Gasteiger partial charge in [0.05, 0.1) is 5.75 Å². The molecule has 1 atom stereocenters. The molecule has 0 saturated carbocycles. The van der Waals surface area contributed by atoms with Crippen molar-refractivity contribution < 1.29 is 8.42 Å². The van der Waals surface area contributed by atoms with Crippen LogP contribution in [0.5, 0.6) is 0 Å². The number of hydrogen-bond donors (Lipinski definition) is 1. The zero-order valence-electron chi connectivity index (χ0n) is 13.1. The summed E-state index contributed by atoms with van der Waals surface area (Å²) in [6.07, 6.45) is 4.04. The highest BCUT2D eigenvalue weighted by Crippen LogP contribution is 2.21. The van der Waals surface area contributed by atoms with Gasteiger partial charge in [0.2, 0.25) is 10.0 Å². The first-order chi connectivity index (χ1) is 8.99. The van der Waals surface area contributed by atoms with Crippen molar-refractivity contribution in [1.29, 1.82) is 0 Å². The van der Waals surface area contributed by atoms with Gasteiger partial charge in [-0.05, 0) is 44.2 Å². The molecular formula is C14H31ClN2O2S. The molecule has 0 aromatic rings. The lowest BCUT2D eigenvalue weighted by atomic mass is 9.98. The molecule has 1 fully saturated rings. The fourth-order valence-electron chi connectivity index (χ4n) is 2.78. The maximum absolute atomic E-state index is 12.3. The Morgan fingerprint density at radius 1 is 1.25 bits per heavy atom. The molecular weight excluding hydrogens is 296 g/mol. The third-order valence-corrected chi connectivity index (χ3v) is 6.07. The van der Waals surface area contributed by atoms with Crippen molar-refractivity contribution in [3.63, 3.8) is 0 Å². The molecule has 122 valence electrons. The highest BCUT2D eigenvalue weighted by molar-refractivity contribution is 7.89. The van der Waals surface area contributed by atoms with Gasteiger partial charge in [0.25, 0.3) is 0 Å². The van der Waals surface area contributed by atoms with Crippen LogP contribution in [0.15, 0.2) is 0 Å². The van der Waals surface area contributed by atoms with Crippen LogP contribution in [0.3, 0.4) is 0 Å². The third-order valence-electron chi connectivity index (χ3n) is 3.93. The molecule has 20 heavy (non-hydrogen) atoms. The zero-order valence-corrected chi connectivity index (χ0v) is 14.7. The number of rotatable bonds is 8. The Kier molecular flexibility index (Phi) is 10.1. The van der Waals surface area contributed by atoms with E-state index in [0.717, 1.165) is 38.8 Å². The number of sulfonamides is 1. The van der Waals surface area contributed by atoms with Crippen molar-refractivity contribution >= 4 is 22.4 Å². The molecule has 1 saturated heterocycles. The van der Waals surface area contributed by atoms with Crippen LogP contribution in [0.1, 0.15) is 46.5 Å². The summed E-state index contributed by atoms with van der Waals surface area (Å²) in [5, 5.41) is 3.35. The quantitative estimate of drug-likeness (QED) is 0.745. The van der Waals surface area contributed by atoms with Crippen LogP contribution < -0.4 is 5.32 Å². The largest absolute Gasteiger partial charge is 0.317 e. The summed E-state index contributed by atoms with van der Waals surface area (Å²) in [5.41, 5.74) is 0. The number of hydrogen-bond acceptors (Lipinski definition) is 3. The molecule has 6 heteroatoms. The summed E-state index contributed by atoms with van der Waals surface area (Å²) in [6, 6.07) is 0. The average molecular weight is 327 g/mol. The molecule has 1 N–H and O–H groups in total. The number of nitrogens with one attached hydrogen (secondary N) is 1. The minimum atomic E-state index is -3.04. The van der Waals surface area contributed by atoms with Crippen LogP contribution in [-0.2, 0) is 10.0 Å². The molecule has 1 rings (SSSR count). The van der Waals surface area contributed by atoms with Crippen LogP contribution in [0.2, 0.25) is 0 Å². The number of nitrogens with zero attached hydrogens (tertiary/aromatic N) is 1. The summed E-state index contributed by atoms with van der Waals surface area (Å²) in [6.45, 7) is 9.68. The monoisotopic (exact) mass is 326 g/mol. The predicted octanol–water partition coefficient (Wildman–Crippen LogP) is 2.50. The fourth-order valence-corrected chi connectivity index (χ4v) is 4.64. The van der Waals surface area contributed by atoms with Gasteiger partial charge in [-0.15, -0.1) is 12.4 Å². The van der Waals surface area contributed by atoms with Crippen molar-refractivity contribution in [1.82, 2.24) is 9.62 Å². The second-order valence-electron chi connectivity index (χ2n) is 5.82. The molecule has 0 bridgehead atoms. The van der Waals surface area contributed by atoms with Crippen molar-refractivity contribution in [2.45, 2.75) is 46.5 Å². The van der Waals surface area contributed by atoms with Crippen LogP contribution in [0.25, 0.3) is 0 Å². The van der Waals surface area contributed by atoms with Gasteiger partial charge in [0.1, 0.15) is 0 Å². The Hall–Kier alpha value is 0.160. The minimum Gasteiger partial charge on any atom is -0.317 e. The molecule has 1 aliphatic heterocycles. The van der Waals surface area contributed by atoms with Crippen LogP contribution in [0.4, 0.5) is 0 Å². The summed E-state index contributed by atoms with van der Waals surface area (Å²) in [7, 11) is -3.04. The summed E-state index contributed by atoms with van der Waals surface area (Å²) in [4.78, 5) is 0. The van der Waals surface area contributed by atoms with Gasteiger partial charge in [-0.1, -0.05) is 27.2 Å². The van der Waals surface area contributed by atoms with E-state index < -0.39 is 10.0 Å². The first-order valence-electron chi connectivity index (χ1n) is 7.68. The predicted molar refractivity (Wildman–Crippen MR) is 87.9 cm³/mol. The Morgan fingerprint density at radius 2 is 1.85 bits per heavy atom. The van der Waals surface area contributed by atoms with E-state index in [2.05, 4.69) is 19.2 Å². The van der Waals surface area contributed by atoms with Crippen molar-refractivity contribution in [3.05, 3.63) is 0 Å². The normalized spacial score (nSPS) is 19.6. The second kappa shape index (κ2) is 9.98. The summed E-state index contributed by atoms with van der Waals surface area (Å²) < 4.78 is 26.3. The lowest BCUT2D eigenvalue weighted by molar-refractivity contribution is 0.267. The van der Waals surface area contributed by atoms with E-state index in [0.29, 0.717) is 24.8 Å². The molecule has 4 nitrogen and oxygen atoms in total. The SMILES string of the molecule is CCCC(C)CS(=O)(=O)N1CCC(CNCC)CC1.Cl. The van der Waals surface area contributed by atoms with Gasteiger partial charge in [-0.3, -0.25) is 0 Å². The highest BCUT2D eigenvalue weighted by atomic mass is 35.5. The van der Waals surface area contributed by atoms with E-state index >= 15 is 0 Å². The van der Waals surface area contributed by atoms with Crippen molar-refractivity contribution in [3.8, 4) is 0 Å². The Morgan fingerprint density at radius 3 is 2.35 bits per heavy atom. The molecule has 1 aliphatic rings. The van der Waals surface area contributed by atoms with Crippen molar-refractivity contribution in [2.75, 3.05) is 31.9 Å². The minimum absolute atomic E-state index is 0. The number of piperidine rings is 1. The summed E-state index contributed by atoms with van der Waals surface area (Å²) >= 11 is 0. The molecule has 0 aromatic carbocycles. The first kappa shape index (κ1) is 20.2. The average Bonchev–Trinajstić information content (AvgIpc) is 2.36. The van der Waals surface area contributed by atoms with Gasteiger partial charge in [-0.25, -0.2) is 12.7 Å². The van der Waals surface area contributed by atoms with Gasteiger partial charge >= 0.3 is 0 Å². The van der Waals surface area contributed by atoms with E-state index in [1.54, 1.807) is 4.31 Å². The van der Waals surface area contributed by atoms with E-state index in [1.165, 1.54) is 0 Å². The van der Waals surface area contributed by atoms with E-state index in [9.17, 15) is 8.42 Å². The zero-order chi connectivity index (χ0) is 14.3. The van der Waals surface area contributed by atoms with Gasteiger partial charge in [-0.2, -0.15) is 0 Å². The Bertz CT molecular complexity index is 341. The molecule has 0 aliphatic carbocycles.